The van der Waals surface area contributed by atoms with Crippen molar-refractivity contribution in [1.29, 1.82) is 0 Å². The van der Waals surface area contributed by atoms with E-state index in [2.05, 4.69) is 59.2 Å². The minimum atomic E-state index is -1.81. The van der Waals surface area contributed by atoms with Gasteiger partial charge in [-0.1, -0.05) is 146 Å². The van der Waals surface area contributed by atoms with Gasteiger partial charge in [-0.3, -0.25) is 29.8 Å². The van der Waals surface area contributed by atoms with Crippen LogP contribution in [0.15, 0.2) is 181 Å². The molecule has 66 heavy (non-hydrogen) atoms. The van der Waals surface area contributed by atoms with Crippen LogP contribution < -0.4 is 10.6 Å². The summed E-state index contributed by atoms with van der Waals surface area (Å²) in [6.45, 7) is 3.87. The molecule has 0 saturated carbocycles. The predicted molar refractivity (Wildman–Crippen MR) is 263 cm³/mol. The van der Waals surface area contributed by atoms with Crippen LogP contribution in [0.2, 0.25) is 0 Å². The number of rotatable bonds is 24. The lowest BCUT2D eigenvalue weighted by atomic mass is 9.87. The van der Waals surface area contributed by atoms with Crippen LogP contribution in [0.3, 0.4) is 0 Å². The Morgan fingerprint density at radius 2 is 0.848 bits per heavy atom. The molecule has 0 aromatic heterocycles. The molecule has 0 radical (unpaired) electrons. The molecule has 0 saturated heterocycles. The Morgan fingerprint density at radius 1 is 0.530 bits per heavy atom. The van der Waals surface area contributed by atoms with Gasteiger partial charge in [-0.15, -0.1) is 12.4 Å². The van der Waals surface area contributed by atoms with Crippen molar-refractivity contribution in [2.75, 3.05) is 13.1 Å². The highest BCUT2D eigenvalue weighted by atomic mass is 35.5. The maximum absolute atomic E-state index is 13.5. The van der Waals surface area contributed by atoms with Crippen molar-refractivity contribution in [3.8, 4) is 0 Å². The molecule has 2 N–H and O–H groups in total. The van der Waals surface area contributed by atoms with E-state index in [1.165, 1.54) is 46.5 Å². The monoisotopic (exact) mass is 906 g/mol. The summed E-state index contributed by atoms with van der Waals surface area (Å²) < 4.78 is 6.72. The molecule has 0 amide bonds. The number of nitro benzene ring substituents is 2. The third kappa shape index (κ3) is 13.4. The second kappa shape index (κ2) is 24.2. The minimum Gasteiger partial charge on any atom is -0.386 e. The maximum Gasteiger partial charge on any atom is 0.270 e. The fourth-order valence-electron chi connectivity index (χ4n) is 8.11. The lowest BCUT2D eigenvalue weighted by Gasteiger charge is -2.37. The minimum absolute atomic E-state index is 0. The molecule has 2 atom stereocenters. The fraction of sp³-hybridized carbons (Fsp3) is 0.222. The van der Waals surface area contributed by atoms with Crippen LogP contribution in [0, 0.1) is 20.2 Å². The molecule has 0 heterocycles. The second-order valence-electron chi connectivity index (χ2n) is 16.3. The molecule has 6 aromatic carbocycles. The smallest absolute Gasteiger partial charge is 0.270 e. The number of aldehydes is 2. The molecular weight excluding hydrogens is 852 g/mol. The van der Waals surface area contributed by atoms with E-state index in [9.17, 15) is 29.8 Å². The van der Waals surface area contributed by atoms with Crippen LogP contribution in [-0.4, -0.2) is 46.7 Å². The van der Waals surface area contributed by atoms with Crippen LogP contribution in [-0.2, 0) is 14.3 Å². The molecule has 0 fully saturated rings. The molecule has 0 spiro atoms. The molecule has 2 unspecified atom stereocenters. The van der Waals surface area contributed by atoms with E-state index in [4.69, 9.17) is 4.74 Å². The van der Waals surface area contributed by atoms with Crippen LogP contribution in [0.1, 0.15) is 84.7 Å². The largest absolute Gasteiger partial charge is 0.386 e. The van der Waals surface area contributed by atoms with Crippen molar-refractivity contribution >= 4 is 48.5 Å². The molecule has 6 aromatic rings. The first-order valence-corrected chi connectivity index (χ1v) is 21.8. The van der Waals surface area contributed by atoms with Gasteiger partial charge in [-0.25, -0.2) is 0 Å². The van der Waals surface area contributed by atoms with Gasteiger partial charge in [-0.05, 0) is 85.1 Å². The Morgan fingerprint density at radius 3 is 1.14 bits per heavy atom. The summed E-state index contributed by atoms with van der Waals surface area (Å²) in [5.41, 5.74) is 2.21. The zero-order valence-corrected chi connectivity index (χ0v) is 37.8. The summed E-state index contributed by atoms with van der Waals surface area (Å²) in [5.74, 6) is 0.192. The summed E-state index contributed by atoms with van der Waals surface area (Å²) in [6.07, 6.45) is 7.30. The third-order valence-corrected chi connectivity index (χ3v) is 11.5. The number of hydrogen-bond acceptors (Lipinski definition) is 9. The molecule has 0 bridgehead atoms. The van der Waals surface area contributed by atoms with E-state index in [-0.39, 0.29) is 47.0 Å². The molecule has 0 aliphatic heterocycles. The molecule has 12 heteroatoms. The quantitative estimate of drug-likeness (QED) is 0.0261. The Balaban J connectivity index is 0.00000817. The summed E-state index contributed by atoms with van der Waals surface area (Å²) in [6, 6.07) is 53.0. The van der Waals surface area contributed by atoms with Crippen molar-refractivity contribution < 1.29 is 24.2 Å². The second-order valence-corrected chi connectivity index (χ2v) is 16.3. The van der Waals surface area contributed by atoms with Crippen LogP contribution in [0.5, 0.6) is 0 Å². The number of hydrogen-bond donors (Lipinski definition) is 2. The Labute approximate surface area is 392 Å². The van der Waals surface area contributed by atoms with Crippen molar-refractivity contribution in [3.63, 3.8) is 0 Å². The van der Waals surface area contributed by atoms with Crippen LogP contribution in [0.4, 0.5) is 11.4 Å². The van der Waals surface area contributed by atoms with Gasteiger partial charge in [0.05, 0.1) is 21.2 Å². The number of nitrogens with one attached hydrogen (secondary N) is 2. The number of ether oxygens (including phenoxy) is 1. The van der Waals surface area contributed by atoms with E-state index in [0.717, 1.165) is 12.8 Å². The van der Waals surface area contributed by atoms with Gasteiger partial charge in [-0.2, -0.15) is 0 Å². The average Bonchev–Trinajstić information content (AvgIpc) is 3.34. The standard InChI is InChI=1S/C54H54N4O7.ClH/c1-53(39-59,51(37-41-19-15-29-47(35-41)57(61)62)55-33-17-31-49(43-21-7-3-8-22-43)44-23-9-4-10-24-44)65-54(2,40-60)52(38-42-20-16-30-48(36-42)58(63)64)56-34-18-32-50(45-25-11-5-12-26-45)46-27-13-6-14-28-46;/h3-16,19-30,35-40,49-50,55-56H,17-18,31-34H2,1-2H3;1H/b51-37-,52-38-;. The first-order chi connectivity index (χ1) is 31.5. The zero-order chi connectivity index (χ0) is 46.1. The van der Waals surface area contributed by atoms with Crippen molar-refractivity contribution in [2.24, 2.45) is 0 Å². The average molecular weight is 908 g/mol. The first kappa shape index (κ1) is 49.8. The van der Waals surface area contributed by atoms with Crippen molar-refractivity contribution in [2.45, 2.75) is 62.6 Å². The highest BCUT2D eigenvalue weighted by molar-refractivity contribution is 5.85. The lowest BCUT2D eigenvalue weighted by molar-refractivity contribution is -0.385. The lowest BCUT2D eigenvalue weighted by Crippen LogP contribution is -2.51. The number of nitro groups is 2. The van der Waals surface area contributed by atoms with Gasteiger partial charge in [0.2, 0.25) is 0 Å². The maximum atomic E-state index is 13.5. The van der Waals surface area contributed by atoms with Gasteiger partial charge < -0.3 is 15.4 Å². The topological polar surface area (TPSA) is 154 Å². The van der Waals surface area contributed by atoms with Crippen molar-refractivity contribution in [1.82, 2.24) is 10.6 Å². The van der Waals surface area contributed by atoms with Gasteiger partial charge in [0.15, 0.2) is 23.8 Å². The number of nitrogens with zero attached hydrogens (tertiary/aromatic N) is 2. The molecule has 6 rings (SSSR count). The van der Waals surface area contributed by atoms with E-state index in [1.807, 2.05) is 72.8 Å². The molecule has 11 nitrogen and oxygen atoms in total. The summed E-state index contributed by atoms with van der Waals surface area (Å²) in [7, 11) is 0. The number of non-ortho nitro benzene ring substituents is 2. The SMILES string of the molecule is CC(C=O)(OC(C)(C=O)/C(=C/c1cccc([N+](=O)[O-])c1)NCCCC(c1ccccc1)c1ccccc1)/C(=C/c1cccc([N+](=O)[O-])c1)NCCCC(c1ccccc1)c1ccccc1.Cl. The van der Waals surface area contributed by atoms with E-state index in [0.29, 0.717) is 49.6 Å². The van der Waals surface area contributed by atoms with E-state index >= 15 is 0 Å². The fourth-order valence-corrected chi connectivity index (χ4v) is 8.11. The van der Waals surface area contributed by atoms with Gasteiger partial charge in [0.1, 0.15) is 0 Å². The summed E-state index contributed by atoms with van der Waals surface area (Å²) in [4.78, 5) is 49.6. The van der Waals surface area contributed by atoms with Crippen molar-refractivity contribution in [3.05, 3.63) is 235 Å². The van der Waals surface area contributed by atoms with Gasteiger partial charge in [0.25, 0.3) is 11.4 Å². The zero-order valence-electron chi connectivity index (χ0n) is 37.0. The van der Waals surface area contributed by atoms with E-state index in [1.54, 1.807) is 50.3 Å². The normalized spacial score (nSPS) is 13.5. The first-order valence-electron chi connectivity index (χ1n) is 21.8. The van der Waals surface area contributed by atoms with E-state index < -0.39 is 21.0 Å². The Kier molecular flexibility index (Phi) is 18.2. The number of carbonyl (C=O) groups excluding carboxylic acids is 2. The highest BCUT2D eigenvalue weighted by Crippen LogP contribution is 2.34. The Hall–Kier alpha value is -7.21. The highest BCUT2D eigenvalue weighted by Gasteiger charge is 2.42. The third-order valence-electron chi connectivity index (χ3n) is 11.5. The molecule has 340 valence electrons. The van der Waals surface area contributed by atoms with Crippen LogP contribution in [0.25, 0.3) is 12.2 Å². The number of halogens is 1. The van der Waals surface area contributed by atoms with Crippen LogP contribution >= 0.6 is 12.4 Å². The number of carbonyl (C=O) groups is 2. The molecule has 0 aliphatic carbocycles. The molecule has 0 aliphatic rings. The number of benzene rings is 6. The summed E-state index contributed by atoms with van der Waals surface area (Å²) in [5, 5.41) is 30.4. The predicted octanol–water partition coefficient (Wildman–Crippen LogP) is 11.6. The van der Waals surface area contributed by atoms with Gasteiger partial charge >= 0.3 is 0 Å². The molecular formula is C54H55ClN4O7. The Bertz CT molecular complexity index is 2320. The van der Waals surface area contributed by atoms with Gasteiger partial charge in [0, 0.05) is 49.2 Å². The summed E-state index contributed by atoms with van der Waals surface area (Å²) >= 11 is 0.